The quantitative estimate of drug-likeness (QED) is 0.175. The van der Waals surface area contributed by atoms with Gasteiger partial charge in [-0.2, -0.15) is 0 Å². The zero-order valence-corrected chi connectivity index (χ0v) is 44.9. The van der Waals surface area contributed by atoms with Crippen LogP contribution < -0.4 is 16.2 Å². The van der Waals surface area contributed by atoms with Gasteiger partial charge in [0.2, 0.25) is 0 Å². The molecule has 369 valence electrons. The van der Waals surface area contributed by atoms with Crippen LogP contribution >= 0.6 is 0 Å². The van der Waals surface area contributed by atoms with E-state index in [-0.39, 0.29) is 21.7 Å². The van der Waals surface area contributed by atoms with Gasteiger partial charge in [-0.1, -0.05) is 177 Å². The summed E-state index contributed by atoms with van der Waals surface area (Å²) in [7, 11) is 2.44. The van der Waals surface area contributed by atoms with Crippen molar-refractivity contribution in [2.24, 2.45) is 0 Å². The second-order valence-electron chi connectivity index (χ2n) is 25.0. The lowest BCUT2D eigenvalue weighted by Crippen LogP contribution is -2.37. The first-order valence-corrected chi connectivity index (χ1v) is 27.3. The third kappa shape index (κ3) is 6.50. The summed E-state index contributed by atoms with van der Waals surface area (Å²) in [5.41, 5.74) is 25.6. The van der Waals surface area contributed by atoms with E-state index in [2.05, 4.69) is 249 Å². The molecule has 12 aromatic rings. The fraction of sp³-hybridized carbons (Fsp3) is 0.211. The maximum Gasteiger partial charge on any atom is 0.198 e. The maximum absolute atomic E-state index is 7.09. The van der Waals surface area contributed by atoms with Gasteiger partial charge in [0, 0.05) is 72.0 Å². The molecule has 0 unspecified atom stereocenters. The van der Waals surface area contributed by atoms with Gasteiger partial charge in [-0.15, -0.1) is 0 Å². The molecule has 2 aliphatic carbocycles. The van der Waals surface area contributed by atoms with E-state index in [1.54, 1.807) is 0 Å². The van der Waals surface area contributed by atoms with Crippen molar-refractivity contribution in [1.29, 1.82) is 0 Å². The number of aromatic nitrogens is 1. The number of anilines is 2. The SMILES string of the molecule is CC(C)(C)c1ccc(Nc2cc3oc4cc5c(cc4c3cc2-c2ccc3c4cc6c(cc4n4c3c2[B]c2cc3oc(-c7ccccc7)c(-c7ccccc7)c3cc2-4)C(C)(C)c2ccccc2-6)C(C)(C)CCC5(C)C)cc1. The van der Waals surface area contributed by atoms with Gasteiger partial charge in [0.15, 0.2) is 7.28 Å². The first-order valence-electron chi connectivity index (χ1n) is 27.3. The number of nitrogens with zero attached hydrogens (tertiary/aromatic N) is 1. The van der Waals surface area contributed by atoms with Crippen LogP contribution in [0.2, 0.25) is 0 Å². The average Bonchev–Trinajstić information content (AvgIpc) is 4.34. The molecule has 4 heterocycles. The number of furan rings is 2. The third-order valence-corrected chi connectivity index (χ3v) is 18.1. The smallest absolute Gasteiger partial charge is 0.198 e. The number of hydrogen-bond donors (Lipinski definition) is 1. The zero-order chi connectivity index (χ0) is 51.8. The van der Waals surface area contributed by atoms with E-state index < -0.39 is 0 Å². The second kappa shape index (κ2) is 15.5. The molecular weight excluding hydrogens is 924 g/mol. The lowest BCUT2D eigenvalue weighted by Gasteiger charge is -2.41. The molecule has 1 radical (unpaired) electrons. The van der Waals surface area contributed by atoms with Crippen molar-refractivity contribution in [2.45, 2.75) is 96.8 Å². The Morgan fingerprint density at radius 2 is 1.14 bits per heavy atom. The van der Waals surface area contributed by atoms with Gasteiger partial charge in [0.1, 0.15) is 22.5 Å². The van der Waals surface area contributed by atoms with Gasteiger partial charge in [-0.25, -0.2) is 0 Å². The van der Waals surface area contributed by atoms with Gasteiger partial charge in [0.05, 0.1) is 11.2 Å². The summed E-state index contributed by atoms with van der Waals surface area (Å²) in [6.45, 7) is 21.2. The highest BCUT2D eigenvalue weighted by Crippen LogP contribution is 2.53. The molecule has 0 fully saturated rings. The Hall–Kier alpha value is -8.02. The normalized spacial score (nSPS) is 15.8. The summed E-state index contributed by atoms with van der Waals surface area (Å²) < 4.78 is 16.7. The lowest BCUT2D eigenvalue weighted by molar-refractivity contribution is 0.332. The zero-order valence-electron chi connectivity index (χ0n) is 44.9. The van der Waals surface area contributed by atoms with E-state index >= 15 is 0 Å². The van der Waals surface area contributed by atoms with Crippen LogP contribution in [-0.4, -0.2) is 11.8 Å². The Bertz CT molecular complexity index is 4440. The fourth-order valence-electron chi connectivity index (χ4n) is 13.7. The standard InChI is InChI=1S/C71H60BN2O2/c1-68(2,3)42-24-26-43(27-25-42)73-58-39-63-50(51-34-55-56(37-61(51)75-63)70(6,7)31-30-69(55,4)5)33-48(58)45-28-29-46-49-32-47-44-22-16-17-23-53(44)71(8,9)54(47)36-59(49)74-60-35-52-62(38-57(60)72-65(45)66(46)74)76-67(41-20-14-11-15-21-41)64(52)40-18-12-10-13-19-40/h10-29,32-39,73H,30-31H2,1-9H3. The van der Waals surface area contributed by atoms with Gasteiger partial charge >= 0.3 is 0 Å². The van der Waals surface area contributed by atoms with E-state index in [0.29, 0.717) is 0 Å². The molecule has 3 aliphatic rings. The molecule has 0 bridgehead atoms. The average molecular weight is 984 g/mol. The highest BCUT2D eigenvalue weighted by molar-refractivity contribution is 6.73. The molecule has 9 aromatic carbocycles. The van der Waals surface area contributed by atoms with Crippen LogP contribution in [0, 0.1) is 0 Å². The molecule has 4 nitrogen and oxygen atoms in total. The van der Waals surface area contributed by atoms with E-state index in [1.807, 2.05) is 0 Å². The topological polar surface area (TPSA) is 43.2 Å². The largest absolute Gasteiger partial charge is 0.456 e. The van der Waals surface area contributed by atoms with Crippen LogP contribution in [0.1, 0.15) is 103 Å². The molecule has 0 spiro atoms. The molecule has 1 aliphatic heterocycles. The molecule has 15 rings (SSSR count). The van der Waals surface area contributed by atoms with Crippen LogP contribution in [0.15, 0.2) is 179 Å². The number of rotatable bonds is 5. The summed E-state index contributed by atoms with van der Waals surface area (Å²) in [6, 6.07) is 63.3. The van der Waals surface area contributed by atoms with Gasteiger partial charge in [-0.3, -0.25) is 0 Å². The van der Waals surface area contributed by atoms with Crippen molar-refractivity contribution in [3.05, 3.63) is 198 Å². The molecule has 0 saturated carbocycles. The summed E-state index contributed by atoms with van der Waals surface area (Å²) in [4.78, 5) is 0. The van der Waals surface area contributed by atoms with E-state index in [9.17, 15) is 0 Å². The summed E-state index contributed by atoms with van der Waals surface area (Å²) in [5, 5.41) is 9.83. The Kier molecular flexibility index (Phi) is 9.28. The molecule has 5 heteroatoms. The minimum Gasteiger partial charge on any atom is -0.456 e. The van der Waals surface area contributed by atoms with Crippen molar-refractivity contribution in [1.82, 2.24) is 4.57 Å². The van der Waals surface area contributed by atoms with Crippen LogP contribution in [0.5, 0.6) is 0 Å². The second-order valence-corrected chi connectivity index (χ2v) is 25.0. The molecular formula is C71H60BN2O2. The minimum absolute atomic E-state index is 0.0363. The highest BCUT2D eigenvalue weighted by Gasteiger charge is 2.40. The Balaban J connectivity index is 1.03. The molecule has 3 aromatic heterocycles. The highest BCUT2D eigenvalue weighted by atomic mass is 16.3. The summed E-state index contributed by atoms with van der Waals surface area (Å²) >= 11 is 0. The number of benzene rings is 9. The summed E-state index contributed by atoms with van der Waals surface area (Å²) in [6.07, 6.45) is 2.29. The molecule has 0 amide bonds. The Morgan fingerprint density at radius 3 is 1.88 bits per heavy atom. The Morgan fingerprint density at radius 1 is 0.500 bits per heavy atom. The predicted molar refractivity (Wildman–Crippen MR) is 320 cm³/mol. The third-order valence-electron chi connectivity index (χ3n) is 18.1. The monoisotopic (exact) mass is 983 g/mol. The minimum atomic E-state index is -0.174. The van der Waals surface area contributed by atoms with Crippen molar-refractivity contribution in [3.63, 3.8) is 0 Å². The van der Waals surface area contributed by atoms with Crippen LogP contribution in [-0.2, 0) is 21.7 Å². The maximum atomic E-state index is 7.09. The van der Waals surface area contributed by atoms with Crippen molar-refractivity contribution >= 4 is 84.3 Å². The molecule has 76 heavy (non-hydrogen) atoms. The molecule has 0 atom stereocenters. The van der Waals surface area contributed by atoms with E-state index in [4.69, 9.17) is 8.83 Å². The van der Waals surface area contributed by atoms with Gasteiger partial charge < -0.3 is 18.7 Å². The van der Waals surface area contributed by atoms with Crippen molar-refractivity contribution in [2.75, 3.05) is 5.32 Å². The number of fused-ring (bicyclic) bond motifs is 13. The van der Waals surface area contributed by atoms with Gasteiger partial charge in [0.25, 0.3) is 0 Å². The fourth-order valence-corrected chi connectivity index (χ4v) is 13.7. The van der Waals surface area contributed by atoms with E-state index in [1.165, 1.54) is 71.6 Å². The first kappa shape index (κ1) is 45.4. The van der Waals surface area contributed by atoms with Crippen molar-refractivity contribution in [3.8, 4) is 50.4 Å². The molecule has 0 saturated heterocycles. The lowest BCUT2D eigenvalue weighted by atomic mass is 9.59. The summed E-state index contributed by atoms with van der Waals surface area (Å²) in [5.74, 6) is 0.877. The molecule has 1 N–H and O–H groups in total. The predicted octanol–water partition coefficient (Wildman–Crippen LogP) is 18.1. The van der Waals surface area contributed by atoms with Gasteiger partial charge in [-0.05, 0) is 139 Å². The van der Waals surface area contributed by atoms with Crippen LogP contribution in [0.3, 0.4) is 0 Å². The Labute approximate surface area is 445 Å². The first-order chi connectivity index (χ1) is 36.5. The van der Waals surface area contributed by atoms with E-state index in [0.717, 1.165) is 96.5 Å². The number of nitrogens with one attached hydrogen (secondary N) is 1. The number of hydrogen-bond acceptors (Lipinski definition) is 3. The van der Waals surface area contributed by atoms with Crippen LogP contribution in [0.4, 0.5) is 11.4 Å². The van der Waals surface area contributed by atoms with Crippen LogP contribution in [0.25, 0.3) is 105 Å². The van der Waals surface area contributed by atoms with Crippen molar-refractivity contribution < 1.29 is 8.83 Å².